The summed E-state index contributed by atoms with van der Waals surface area (Å²) in [5.74, 6) is 0.108. The summed E-state index contributed by atoms with van der Waals surface area (Å²) in [6.45, 7) is 1.60. The number of fused-ring (bicyclic) bond motifs is 1. The second-order valence-corrected chi connectivity index (χ2v) is 4.90. The quantitative estimate of drug-likeness (QED) is 0.888. The number of nitrogens with one attached hydrogen (secondary N) is 1. The van der Waals surface area contributed by atoms with Crippen molar-refractivity contribution in [3.8, 4) is 0 Å². The lowest BCUT2D eigenvalue weighted by atomic mass is 10.1. The summed E-state index contributed by atoms with van der Waals surface area (Å²) in [5.41, 5.74) is 1.63. The fourth-order valence-electron chi connectivity index (χ4n) is 2.63. The van der Waals surface area contributed by atoms with Gasteiger partial charge >= 0.3 is 0 Å². The van der Waals surface area contributed by atoms with Gasteiger partial charge in [-0.3, -0.25) is 9.78 Å². The van der Waals surface area contributed by atoms with Crippen LogP contribution in [0, 0.1) is 0 Å². The molecular weight excluding hydrogens is 238 g/mol. The lowest BCUT2D eigenvalue weighted by Crippen LogP contribution is -2.33. The molecule has 1 atom stereocenters. The minimum atomic E-state index is 0.108. The Bertz CT molecular complexity index is 606. The lowest BCUT2D eigenvalue weighted by Gasteiger charge is -2.17. The molecule has 1 fully saturated rings. The molecule has 0 saturated carbocycles. The van der Waals surface area contributed by atoms with Gasteiger partial charge in [-0.05, 0) is 25.6 Å². The first kappa shape index (κ1) is 12.1. The number of pyridine rings is 1. The molecule has 98 valence electrons. The van der Waals surface area contributed by atoms with Crippen molar-refractivity contribution < 1.29 is 4.79 Å². The Kier molecular flexibility index (Phi) is 3.17. The summed E-state index contributed by atoms with van der Waals surface area (Å²) in [6, 6.07) is 10.0. The zero-order valence-electron chi connectivity index (χ0n) is 11.0. The van der Waals surface area contributed by atoms with E-state index in [0.717, 1.165) is 36.0 Å². The van der Waals surface area contributed by atoms with Crippen molar-refractivity contribution in [3.05, 3.63) is 42.1 Å². The number of hydrogen-bond donors (Lipinski definition) is 1. The highest BCUT2D eigenvalue weighted by Gasteiger charge is 2.26. The number of rotatable bonds is 2. The summed E-state index contributed by atoms with van der Waals surface area (Å²) < 4.78 is 0. The van der Waals surface area contributed by atoms with E-state index in [1.165, 1.54) is 0 Å². The molecule has 4 nitrogen and oxygen atoms in total. The molecule has 1 unspecified atom stereocenters. The van der Waals surface area contributed by atoms with Crippen LogP contribution < -0.4 is 5.32 Å². The lowest BCUT2D eigenvalue weighted by molar-refractivity contribution is 0.0791. The number of hydrogen-bond acceptors (Lipinski definition) is 3. The molecule has 1 aliphatic rings. The highest BCUT2D eigenvalue weighted by atomic mass is 16.2. The Balaban J connectivity index is 1.94. The molecule has 1 amide bonds. The van der Waals surface area contributed by atoms with Crippen LogP contribution in [0.3, 0.4) is 0 Å². The second-order valence-electron chi connectivity index (χ2n) is 4.90. The molecule has 0 radical (unpaired) electrons. The van der Waals surface area contributed by atoms with Crippen LogP contribution in [0.4, 0.5) is 0 Å². The normalized spacial score (nSPS) is 19.0. The molecule has 0 spiro atoms. The number of likely N-dealkylation sites (tertiary alicyclic amines) is 1. The predicted molar refractivity (Wildman–Crippen MR) is 75.1 cm³/mol. The van der Waals surface area contributed by atoms with E-state index in [-0.39, 0.29) is 5.91 Å². The first-order valence-electron chi connectivity index (χ1n) is 6.60. The van der Waals surface area contributed by atoms with Crippen LogP contribution in [0.2, 0.25) is 0 Å². The van der Waals surface area contributed by atoms with Gasteiger partial charge in [0.15, 0.2) is 0 Å². The first-order chi connectivity index (χ1) is 9.29. The monoisotopic (exact) mass is 255 g/mol. The third-order valence-electron chi connectivity index (χ3n) is 3.76. The van der Waals surface area contributed by atoms with Crippen molar-refractivity contribution in [2.24, 2.45) is 0 Å². The summed E-state index contributed by atoms with van der Waals surface area (Å²) in [7, 11) is 1.94. The number of carbonyl (C=O) groups excluding carboxylic acids is 1. The molecule has 3 rings (SSSR count). The van der Waals surface area contributed by atoms with Gasteiger partial charge < -0.3 is 10.2 Å². The van der Waals surface area contributed by atoms with Gasteiger partial charge in [-0.25, -0.2) is 0 Å². The summed E-state index contributed by atoms with van der Waals surface area (Å²) in [4.78, 5) is 18.8. The van der Waals surface area contributed by atoms with E-state index in [1.807, 2.05) is 42.3 Å². The third kappa shape index (κ3) is 2.19. The van der Waals surface area contributed by atoms with E-state index < -0.39 is 0 Å². The number of amides is 1. The van der Waals surface area contributed by atoms with E-state index in [4.69, 9.17) is 0 Å². The van der Waals surface area contributed by atoms with Crippen LogP contribution >= 0.6 is 0 Å². The number of benzene rings is 1. The Morgan fingerprint density at radius 2 is 2.21 bits per heavy atom. The molecule has 2 aromatic rings. The fourth-order valence-corrected chi connectivity index (χ4v) is 2.63. The zero-order valence-corrected chi connectivity index (χ0v) is 11.0. The molecule has 0 bridgehead atoms. The standard InChI is InChI=1S/C15H17N3O/c1-16-11-7-9-18(10-11)15(19)13-6-8-17-14-5-3-2-4-12(13)14/h2-6,8,11,16H,7,9-10H2,1H3. The predicted octanol–water partition coefficient (Wildman–Crippen LogP) is 1.67. The van der Waals surface area contributed by atoms with E-state index in [1.54, 1.807) is 6.20 Å². The van der Waals surface area contributed by atoms with Crippen molar-refractivity contribution in [2.45, 2.75) is 12.5 Å². The molecule has 1 saturated heterocycles. The van der Waals surface area contributed by atoms with Crippen molar-refractivity contribution in [1.29, 1.82) is 0 Å². The molecule has 1 aromatic carbocycles. The number of aromatic nitrogens is 1. The SMILES string of the molecule is CNC1CCN(C(=O)c2ccnc3ccccc23)C1. The Labute approximate surface area is 112 Å². The van der Waals surface area contributed by atoms with Crippen LogP contribution in [0.15, 0.2) is 36.5 Å². The van der Waals surface area contributed by atoms with Crippen LogP contribution in [0.1, 0.15) is 16.8 Å². The van der Waals surface area contributed by atoms with Crippen LogP contribution in [-0.2, 0) is 0 Å². The maximum Gasteiger partial charge on any atom is 0.254 e. The number of likely N-dealkylation sites (N-methyl/N-ethyl adjacent to an activating group) is 1. The van der Waals surface area contributed by atoms with Crippen LogP contribution in [0.5, 0.6) is 0 Å². The second kappa shape index (κ2) is 4.97. The molecule has 19 heavy (non-hydrogen) atoms. The van der Waals surface area contributed by atoms with Crippen molar-refractivity contribution >= 4 is 16.8 Å². The zero-order chi connectivity index (χ0) is 13.2. The molecule has 1 aromatic heterocycles. The molecule has 0 aliphatic carbocycles. The van der Waals surface area contributed by atoms with Gasteiger partial charge in [0.2, 0.25) is 0 Å². The van der Waals surface area contributed by atoms with Gasteiger partial charge in [0, 0.05) is 30.7 Å². The minimum Gasteiger partial charge on any atom is -0.337 e. The van der Waals surface area contributed by atoms with E-state index >= 15 is 0 Å². The van der Waals surface area contributed by atoms with E-state index in [2.05, 4.69) is 10.3 Å². The molecule has 1 N–H and O–H groups in total. The van der Waals surface area contributed by atoms with Gasteiger partial charge in [-0.1, -0.05) is 18.2 Å². The topological polar surface area (TPSA) is 45.2 Å². The summed E-state index contributed by atoms with van der Waals surface area (Å²) in [5, 5.41) is 4.16. The average molecular weight is 255 g/mol. The Morgan fingerprint density at radius 1 is 1.37 bits per heavy atom. The van der Waals surface area contributed by atoms with Gasteiger partial charge in [0.1, 0.15) is 0 Å². The number of carbonyl (C=O) groups is 1. The maximum atomic E-state index is 12.6. The smallest absolute Gasteiger partial charge is 0.254 e. The molecule has 1 aliphatic heterocycles. The van der Waals surface area contributed by atoms with Crippen molar-refractivity contribution in [1.82, 2.24) is 15.2 Å². The van der Waals surface area contributed by atoms with E-state index in [0.29, 0.717) is 6.04 Å². The number of nitrogens with zero attached hydrogens (tertiary/aromatic N) is 2. The molecular formula is C15H17N3O. The fraction of sp³-hybridized carbons (Fsp3) is 0.333. The van der Waals surface area contributed by atoms with Crippen molar-refractivity contribution in [2.75, 3.05) is 20.1 Å². The molecule has 4 heteroatoms. The minimum absolute atomic E-state index is 0.108. The van der Waals surface area contributed by atoms with Gasteiger partial charge in [0.05, 0.1) is 11.1 Å². The van der Waals surface area contributed by atoms with Gasteiger partial charge in [0.25, 0.3) is 5.91 Å². The summed E-state index contributed by atoms with van der Waals surface area (Å²) in [6.07, 6.45) is 2.73. The van der Waals surface area contributed by atoms with Gasteiger partial charge in [-0.15, -0.1) is 0 Å². The summed E-state index contributed by atoms with van der Waals surface area (Å²) >= 11 is 0. The molecule has 2 heterocycles. The van der Waals surface area contributed by atoms with Crippen LogP contribution in [-0.4, -0.2) is 42.0 Å². The highest BCUT2D eigenvalue weighted by molar-refractivity contribution is 6.06. The highest BCUT2D eigenvalue weighted by Crippen LogP contribution is 2.20. The van der Waals surface area contributed by atoms with E-state index in [9.17, 15) is 4.79 Å². The van der Waals surface area contributed by atoms with Crippen LogP contribution in [0.25, 0.3) is 10.9 Å². The number of para-hydroxylation sites is 1. The van der Waals surface area contributed by atoms with Crippen molar-refractivity contribution in [3.63, 3.8) is 0 Å². The Hall–Kier alpha value is -1.94. The van der Waals surface area contributed by atoms with Gasteiger partial charge in [-0.2, -0.15) is 0 Å². The maximum absolute atomic E-state index is 12.6. The first-order valence-corrected chi connectivity index (χ1v) is 6.60. The Morgan fingerprint density at radius 3 is 3.00 bits per heavy atom. The third-order valence-corrected chi connectivity index (χ3v) is 3.76. The largest absolute Gasteiger partial charge is 0.337 e. The average Bonchev–Trinajstić information content (AvgIpc) is 2.95.